The summed E-state index contributed by atoms with van der Waals surface area (Å²) in [6.45, 7) is 0. The van der Waals surface area contributed by atoms with Crippen molar-refractivity contribution in [1.29, 1.82) is 0 Å². The molecule has 0 heterocycles. The Morgan fingerprint density at radius 3 is 2.20 bits per heavy atom. The van der Waals surface area contributed by atoms with Gasteiger partial charge in [0.15, 0.2) is 0 Å². The normalized spacial score (nSPS) is 18.7. The molecule has 0 radical (unpaired) electrons. The highest BCUT2D eigenvalue weighted by atomic mass is 16.2. The molecule has 0 aromatic carbocycles. The molecule has 0 bridgehead atoms. The number of amides is 2. The molecule has 0 aromatic heterocycles. The Bertz CT molecular complexity index is 340. The molecule has 82 valence electrons. The number of carbonyl (C=O) groups is 2. The Hall–Kier alpha value is -1.58. The molecular weight excluding hydrogens is 192 g/mol. The molecule has 15 heavy (non-hydrogen) atoms. The van der Waals surface area contributed by atoms with Gasteiger partial charge in [0, 0.05) is 33.8 Å². The standard InChI is InChI=1S/C11H16N2O2/c1-12(2)10(14)8-5-6-9(7-8)11(15)13(3)4/h5-8H,1-4H3. The van der Waals surface area contributed by atoms with Crippen molar-refractivity contribution in [2.24, 2.45) is 5.92 Å². The third-order valence-electron chi connectivity index (χ3n) is 2.22. The minimum Gasteiger partial charge on any atom is -0.348 e. The predicted octanol–water partition coefficient (Wildman–Crippen LogP) is 0.275. The van der Waals surface area contributed by atoms with Gasteiger partial charge in [-0.1, -0.05) is 18.2 Å². The van der Waals surface area contributed by atoms with Crippen LogP contribution in [-0.2, 0) is 9.59 Å². The van der Waals surface area contributed by atoms with Gasteiger partial charge in [0.05, 0.1) is 5.92 Å². The molecule has 2 amide bonds. The van der Waals surface area contributed by atoms with Crippen LogP contribution in [0.2, 0.25) is 0 Å². The summed E-state index contributed by atoms with van der Waals surface area (Å²) in [4.78, 5) is 26.2. The largest absolute Gasteiger partial charge is 0.348 e. The van der Waals surface area contributed by atoms with Crippen molar-refractivity contribution in [3.05, 3.63) is 23.8 Å². The van der Waals surface area contributed by atoms with Gasteiger partial charge in [-0.2, -0.15) is 0 Å². The fourth-order valence-corrected chi connectivity index (χ4v) is 1.36. The van der Waals surface area contributed by atoms with E-state index in [1.165, 1.54) is 9.80 Å². The van der Waals surface area contributed by atoms with Crippen molar-refractivity contribution >= 4 is 11.8 Å². The third kappa shape index (κ3) is 2.46. The Kier molecular flexibility index (Phi) is 3.29. The van der Waals surface area contributed by atoms with E-state index in [9.17, 15) is 9.59 Å². The van der Waals surface area contributed by atoms with Gasteiger partial charge in [0.2, 0.25) is 5.91 Å². The van der Waals surface area contributed by atoms with Crippen LogP contribution in [0.3, 0.4) is 0 Å². The maximum Gasteiger partial charge on any atom is 0.253 e. The van der Waals surface area contributed by atoms with E-state index >= 15 is 0 Å². The lowest BCUT2D eigenvalue weighted by atomic mass is 10.1. The highest BCUT2D eigenvalue weighted by Crippen LogP contribution is 2.18. The van der Waals surface area contributed by atoms with E-state index in [1.807, 2.05) is 0 Å². The summed E-state index contributed by atoms with van der Waals surface area (Å²) >= 11 is 0. The van der Waals surface area contributed by atoms with Gasteiger partial charge in [0.25, 0.3) is 5.91 Å². The number of hydrogen-bond acceptors (Lipinski definition) is 2. The van der Waals surface area contributed by atoms with Crippen LogP contribution >= 0.6 is 0 Å². The summed E-state index contributed by atoms with van der Waals surface area (Å²) in [6, 6.07) is 0. The topological polar surface area (TPSA) is 40.6 Å². The van der Waals surface area contributed by atoms with E-state index < -0.39 is 0 Å². The lowest BCUT2D eigenvalue weighted by molar-refractivity contribution is -0.130. The maximum absolute atomic E-state index is 11.6. The highest BCUT2D eigenvalue weighted by molar-refractivity contribution is 5.98. The second kappa shape index (κ2) is 4.29. The molecule has 0 saturated heterocycles. The molecule has 1 atom stereocenters. The first kappa shape index (κ1) is 11.5. The van der Waals surface area contributed by atoms with E-state index in [2.05, 4.69) is 0 Å². The minimum absolute atomic E-state index is 0.00666. The molecular formula is C11H16N2O2. The Morgan fingerprint density at radius 1 is 1.13 bits per heavy atom. The van der Waals surface area contributed by atoms with E-state index in [-0.39, 0.29) is 17.7 Å². The third-order valence-corrected chi connectivity index (χ3v) is 2.22. The van der Waals surface area contributed by atoms with Crippen molar-refractivity contribution < 1.29 is 9.59 Å². The monoisotopic (exact) mass is 208 g/mol. The van der Waals surface area contributed by atoms with Crippen LogP contribution in [0.15, 0.2) is 23.8 Å². The van der Waals surface area contributed by atoms with Crippen LogP contribution in [0.4, 0.5) is 0 Å². The first-order chi connectivity index (χ1) is 6.93. The fraction of sp³-hybridized carbons (Fsp3) is 0.455. The molecule has 0 fully saturated rings. The predicted molar refractivity (Wildman–Crippen MR) is 58.1 cm³/mol. The van der Waals surface area contributed by atoms with E-state index in [1.54, 1.807) is 46.4 Å². The number of likely N-dealkylation sites (N-methyl/N-ethyl adjacent to an activating group) is 1. The lowest BCUT2D eigenvalue weighted by Gasteiger charge is -2.13. The van der Waals surface area contributed by atoms with Crippen LogP contribution in [0.5, 0.6) is 0 Å². The van der Waals surface area contributed by atoms with E-state index in [0.717, 1.165) is 0 Å². The molecule has 0 aliphatic heterocycles. The van der Waals surface area contributed by atoms with Crippen LogP contribution in [0.25, 0.3) is 0 Å². The number of carbonyl (C=O) groups excluding carboxylic acids is 2. The zero-order chi connectivity index (χ0) is 11.6. The summed E-state index contributed by atoms with van der Waals surface area (Å²) < 4.78 is 0. The van der Waals surface area contributed by atoms with Gasteiger partial charge in [0.1, 0.15) is 0 Å². The Labute approximate surface area is 89.8 Å². The summed E-state index contributed by atoms with van der Waals surface area (Å²) in [5.74, 6) is -0.369. The minimum atomic E-state index is -0.293. The van der Waals surface area contributed by atoms with Crippen molar-refractivity contribution in [2.45, 2.75) is 0 Å². The van der Waals surface area contributed by atoms with Crippen LogP contribution in [0.1, 0.15) is 0 Å². The first-order valence-corrected chi connectivity index (χ1v) is 4.76. The lowest BCUT2D eigenvalue weighted by Crippen LogP contribution is -2.27. The van der Waals surface area contributed by atoms with Crippen molar-refractivity contribution in [1.82, 2.24) is 9.80 Å². The summed E-state index contributed by atoms with van der Waals surface area (Å²) in [5, 5.41) is 0. The van der Waals surface area contributed by atoms with Gasteiger partial charge in [-0.15, -0.1) is 0 Å². The van der Waals surface area contributed by atoms with Crippen molar-refractivity contribution in [2.75, 3.05) is 28.2 Å². The molecule has 4 heteroatoms. The van der Waals surface area contributed by atoms with Gasteiger partial charge >= 0.3 is 0 Å². The highest BCUT2D eigenvalue weighted by Gasteiger charge is 2.22. The second-order valence-electron chi connectivity index (χ2n) is 3.94. The molecule has 1 rings (SSSR count). The smallest absolute Gasteiger partial charge is 0.253 e. The van der Waals surface area contributed by atoms with Crippen LogP contribution in [-0.4, -0.2) is 49.8 Å². The Balaban J connectivity index is 2.76. The van der Waals surface area contributed by atoms with E-state index in [4.69, 9.17) is 0 Å². The van der Waals surface area contributed by atoms with Gasteiger partial charge in [-0.25, -0.2) is 0 Å². The quantitative estimate of drug-likeness (QED) is 0.654. The molecule has 0 aromatic rings. The first-order valence-electron chi connectivity index (χ1n) is 4.76. The molecule has 0 spiro atoms. The van der Waals surface area contributed by atoms with Gasteiger partial charge in [-0.05, 0) is 0 Å². The van der Waals surface area contributed by atoms with Crippen LogP contribution < -0.4 is 0 Å². The molecule has 1 aliphatic rings. The number of rotatable bonds is 2. The van der Waals surface area contributed by atoms with E-state index in [0.29, 0.717) is 5.57 Å². The number of hydrogen-bond donors (Lipinski definition) is 0. The zero-order valence-electron chi connectivity index (χ0n) is 9.52. The average molecular weight is 208 g/mol. The second-order valence-corrected chi connectivity index (χ2v) is 3.94. The van der Waals surface area contributed by atoms with Gasteiger partial charge in [-0.3, -0.25) is 9.59 Å². The molecule has 4 nitrogen and oxygen atoms in total. The van der Waals surface area contributed by atoms with Gasteiger partial charge < -0.3 is 9.80 Å². The SMILES string of the molecule is CN(C)C(=O)C1=CC(C(=O)N(C)C)C=C1. The summed E-state index contributed by atoms with van der Waals surface area (Å²) in [7, 11) is 6.79. The fourth-order valence-electron chi connectivity index (χ4n) is 1.36. The van der Waals surface area contributed by atoms with Crippen molar-refractivity contribution in [3.8, 4) is 0 Å². The molecule has 1 unspecified atom stereocenters. The average Bonchev–Trinajstić information content (AvgIpc) is 2.63. The van der Waals surface area contributed by atoms with Crippen molar-refractivity contribution in [3.63, 3.8) is 0 Å². The molecule has 1 aliphatic carbocycles. The number of nitrogens with zero attached hydrogens (tertiary/aromatic N) is 2. The molecule has 0 N–H and O–H groups in total. The zero-order valence-corrected chi connectivity index (χ0v) is 9.52. The Morgan fingerprint density at radius 2 is 1.73 bits per heavy atom. The maximum atomic E-state index is 11.6. The van der Waals surface area contributed by atoms with Crippen LogP contribution in [0, 0.1) is 5.92 Å². The summed E-state index contributed by atoms with van der Waals surface area (Å²) in [6.07, 6.45) is 5.15. The summed E-state index contributed by atoms with van der Waals surface area (Å²) in [5.41, 5.74) is 0.584. The molecule has 0 saturated carbocycles.